The highest BCUT2D eigenvalue weighted by atomic mass is 13.9. The normalized spacial score (nSPS) is 10.3. The van der Waals surface area contributed by atoms with Crippen LogP contribution in [0.2, 0.25) is 6.32 Å². The average Bonchev–Trinajstić information content (AvgIpc) is 2.20. The molecule has 0 saturated carbocycles. The van der Waals surface area contributed by atoms with Crippen molar-refractivity contribution in [1.82, 2.24) is 0 Å². The lowest BCUT2D eigenvalue weighted by atomic mass is 9.64. The van der Waals surface area contributed by atoms with Crippen molar-refractivity contribution in [2.75, 3.05) is 0 Å². The van der Waals surface area contributed by atoms with Crippen LogP contribution in [0.15, 0.2) is 18.2 Å². The van der Waals surface area contributed by atoms with Gasteiger partial charge in [0.1, 0.15) is 0 Å². The van der Waals surface area contributed by atoms with Crippen molar-refractivity contribution in [1.29, 1.82) is 0 Å². The van der Waals surface area contributed by atoms with Crippen LogP contribution >= 0.6 is 0 Å². The molecule has 0 spiro atoms. The fourth-order valence-electron chi connectivity index (χ4n) is 1.88. The zero-order chi connectivity index (χ0) is 11.1. The van der Waals surface area contributed by atoms with E-state index < -0.39 is 0 Å². The summed E-state index contributed by atoms with van der Waals surface area (Å²) in [7, 11) is 2.38. The van der Waals surface area contributed by atoms with Crippen LogP contribution in [0.1, 0.15) is 43.7 Å². The first-order valence-electron chi connectivity index (χ1n) is 6.14. The molecule has 81 valence electrons. The van der Waals surface area contributed by atoms with Crippen LogP contribution in [0.5, 0.6) is 0 Å². The van der Waals surface area contributed by atoms with Crippen molar-refractivity contribution >= 4 is 12.7 Å². The summed E-state index contributed by atoms with van der Waals surface area (Å²) in [6, 6.07) is 6.70. The Morgan fingerprint density at radius 3 is 2.53 bits per heavy atom. The fraction of sp³-hybridized carbons (Fsp3) is 0.571. The molecule has 1 aromatic carbocycles. The molecule has 0 aliphatic heterocycles. The van der Waals surface area contributed by atoms with Crippen molar-refractivity contribution in [3.63, 3.8) is 0 Å². The largest absolute Gasteiger partial charge is 0.151 e. The molecule has 0 aliphatic rings. The zero-order valence-corrected chi connectivity index (χ0v) is 10.3. The first-order valence-corrected chi connectivity index (χ1v) is 6.14. The second-order valence-electron chi connectivity index (χ2n) is 4.41. The molecule has 1 rings (SSSR count). The Kier molecular flexibility index (Phi) is 5.53. The maximum absolute atomic E-state index is 2.38. The second-order valence-corrected chi connectivity index (χ2v) is 4.41. The third-order valence-corrected chi connectivity index (χ3v) is 2.85. The van der Waals surface area contributed by atoms with Gasteiger partial charge in [-0.1, -0.05) is 73.7 Å². The predicted octanol–water partition coefficient (Wildman–Crippen LogP) is 3.63. The van der Waals surface area contributed by atoms with E-state index in [0.717, 1.165) is 0 Å². The first-order chi connectivity index (χ1) is 7.24. The van der Waals surface area contributed by atoms with Gasteiger partial charge in [-0.15, -0.1) is 0 Å². The summed E-state index contributed by atoms with van der Waals surface area (Å²) >= 11 is 0. The van der Waals surface area contributed by atoms with E-state index in [9.17, 15) is 0 Å². The molecule has 0 nitrogen and oxygen atoms in total. The Labute approximate surface area is 95.3 Å². The number of benzene rings is 1. The molecule has 0 bridgehead atoms. The molecule has 0 amide bonds. The number of aryl methyl sites for hydroxylation is 2. The van der Waals surface area contributed by atoms with E-state index in [1.807, 2.05) is 0 Å². The number of hydrogen-bond acceptors (Lipinski definition) is 0. The highest BCUT2D eigenvalue weighted by molar-refractivity contribution is 6.53. The smallest absolute Gasteiger partial charge is 0.0849 e. The molecule has 15 heavy (non-hydrogen) atoms. The molecule has 0 heterocycles. The Morgan fingerprint density at radius 2 is 1.87 bits per heavy atom. The highest BCUT2D eigenvalue weighted by Crippen LogP contribution is 2.04. The monoisotopic (exact) mass is 201 g/mol. The Balaban J connectivity index is 2.31. The molecule has 0 aliphatic carbocycles. The summed E-state index contributed by atoms with van der Waals surface area (Å²) in [5.41, 5.74) is 4.18. The maximum Gasteiger partial charge on any atom is 0.151 e. The van der Waals surface area contributed by atoms with Crippen LogP contribution in [0.25, 0.3) is 0 Å². The van der Waals surface area contributed by atoms with Crippen LogP contribution in [0.3, 0.4) is 0 Å². The van der Waals surface area contributed by atoms with Crippen LogP contribution in [-0.4, -0.2) is 7.28 Å². The van der Waals surface area contributed by atoms with Crippen molar-refractivity contribution in [3.05, 3.63) is 29.3 Å². The van der Waals surface area contributed by atoms with E-state index >= 15 is 0 Å². The van der Waals surface area contributed by atoms with E-state index in [1.165, 1.54) is 48.6 Å². The van der Waals surface area contributed by atoms with Crippen molar-refractivity contribution < 1.29 is 0 Å². The van der Waals surface area contributed by atoms with E-state index in [2.05, 4.69) is 46.2 Å². The minimum Gasteiger partial charge on any atom is -0.0849 e. The summed E-state index contributed by atoms with van der Waals surface area (Å²) in [6.07, 6.45) is 6.63. The summed E-state index contributed by atoms with van der Waals surface area (Å²) in [4.78, 5) is 0. The minimum absolute atomic E-state index is 1.23. The number of hydrogen-bond donors (Lipinski definition) is 0. The SMILES string of the molecule is CCCCCC[B]c1ccc(C)cc1C. The van der Waals surface area contributed by atoms with E-state index in [-0.39, 0.29) is 0 Å². The Morgan fingerprint density at radius 1 is 1.07 bits per heavy atom. The molecule has 1 radical (unpaired) electrons. The molecule has 0 aromatic heterocycles. The summed E-state index contributed by atoms with van der Waals surface area (Å²) in [6.45, 7) is 6.61. The van der Waals surface area contributed by atoms with Crippen molar-refractivity contribution in [3.8, 4) is 0 Å². The molecular weight excluding hydrogens is 179 g/mol. The summed E-state index contributed by atoms with van der Waals surface area (Å²) < 4.78 is 0. The quantitative estimate of drug-likeness (QED) is 0.487. The van der Waals surface area contributed by atoms with Gasteiger partial charge < -0.3 is 0 Å². The van der Waals surface area contributed by atoms with Gasteiger partial charge in [0.05, 0.1) is 0 Å². The van der Waals surface area contributed by atoms with Gasteiger partial charge >= 0.3 is 0 Å². The third kappa shape index (κ3) is 4.55. The standard InChI is InChI=1S/C14H22B/c1-4-5-6-7-10-15-14-9-8-12(2)11-13(14)3/h8-9,11H,4-7,10H2,1-3H3. The zero-order valence-electron chi connectivity index (χ0n) is 10.3. The molecule has 1 aromatic rings. The van der Waals surface area contributed by atoms with Crippen molar-refractivity contribution in [2.45, 2.75) is 52.8 Å². The summed E-state index contributed by atoms with van der Waals surface area (Å²) in [5, 5.41) is 0. The van der Waals surface area contributed by atoms with Gasteiger partial charge in [0, 0.05) is 0 Å². The molecular formula is C14H22B. The van der Waals surface area contributed by atoms with E-state index in [4.69, 9.17) is 0 Å². The lowest BCUT2D eigenvalue weighted by Crippen LogP contribution is -2.17. The maximum atomic E-state index is 2.38. The van der Waals surface area contributed by atoms with Gasteiger partial charge in [-0.3, -0.25) is 0 Å². The predicted molar refractivity (Wildman–Crippen MR) is 70.3 cm³/mol. The van der Waals surface area contributed by atoms with Gasteiger partial charge in [-0.2, -0.15) is 0 Å². The van der Waals surface area contributed by atoms with Crippen LogP contribution in [-0.2, 0) is 0 Å². The van der Waals surface area contributed by atoms with Crippen LogP contribution in [0.4, 0.5) is 0 Å². The van der Waals surface area contributed by atoms with Crippen LogP contribution in [0, 0.1) is 13.8 Å². The third-order valence-electron chi connectivity index (χ3n) is 2.85. The number of rotatable bonds is 6. The minimum atomic E-state index is 1.23. The van der Waals surface area contributed by atoms with Crippen molar-refractivity contribution in [2.24, 2.45) is 0 Å². The van der Waals surface area contributed by atoms with E-state index in [0.29, 0.717) is 0 Å². The average molecular weight is 201 g/mol. The Hall–Kier alpha value is -0.715. The van der Waals surface area contributed by atoms with Gasteiger partial charge in [0.2, 0.25) is 0 Å². The molecule has 0 N–H and O–H groups in total. The molecule has 1 heteroatoms. The Bertz CT molecular complexity index is 291. The molecule has 0 unspecified atom stereocenters. The van der Waals surface area contributed by atoms with E-state index in [1.54, 1.807) is 0 Å². The fourth-order valence-corrected chi connectivity index (χ4v) is 1.88. The summed E-state index contributed by atoms with van der Waals surface area (Å²) in [5.74, 6) is 0. The lowest BCUT2D eigenvalue weighted by Gasteiger charge is -2.05. The molecule has 0 saturated heterocycles. The lowest BCUT2D eigenvalue weighted by molar-refractivity contribution is 0.701. The van der Waals surface area contributed by atoms with Crippen LogP contribution < -0.4 is 5.46 Å². The van der Waals surface area contributed by atoms with Gasteiger partial charge in [0.15, 0.2) is 7.28 Å². The highest BCUT2D eigenvalue weighted by Gasteiger charge is 1.99. The van der Waals surface area contributed by atoms with Gasteiger partial charge in [-0.05, 0) is 13.8 Å². The van der Waals surface area contributed by atoms with Gasteiger partial charge in [-0.25, -0.2) is 0 Å². The number of unbranched alkanes of at least 4 members (excludes halogenated alkanes) is 3. The first kappa shape index (κ1) is 12.4. The van der Waals surface area contributed by atoms with Gasteiger partial charge in [0.25, 0.3) is 0 Å². The molecule has 0 fully saturated rings. The molecule has 0 atom stereocenters. The second kappa shape index (κ2) is 6.71. The topological polar surface area (TPSA) is 0 Å².